The molecule has 4 rings (SSSR count). The first kappa shape index (κ1) is 24.6. The number of nitrogens with one attached hydrogen (secondary N) is 1. The van der Waals surface area contributed by atoms with E-state index in [-0.39, 0.29) is 17.4 Å². The van der Waals surface area contributed by atoms with Crippen LogP contribution in [0.15, 0.2) is 52.0 Å². The third kappa shape index (κ3) is 5.26. The first-order chi connectivity index (χ1) is 16.5. The summed E-state index contributed by atoms with van der Waals surface area (Å²) in [6.45, 7) is 7.75. The van der Waals surface area contributed by atoms with Gasteiger partial charge < -0.3 is 9.15 Å². The van der Waals surface area contributed by atoms with Gasteiger partial charge in [0.1, 0.15) is 11.5 Å². The van der Waals surface area contributed by atoms with Gasteiger partial charge in [-0.3, -0.25) is 5.43 Å². The van der Waals surface area contributed by atoms with E-state index < -0.39 is 17.7 Å². The van der Waals surface area contributed by atoms with Crippen molar-refractivity contribution in [2.45, 2.75) is 59.1 Å². The zero-order chi connectivity index (χ0) is 25.3. The zero-order valence-corrected chi connectivity index (χ0v) is 20.0. The number of benzene rings is 2. The van der Waals surface area contributed by atoms with E-state index in [1.54, 1.807) is 6.92 Å². The van der Waals surface area contributed by atoms with Crippen LogP contribution in [-0.4, -0.2) is 11.7 Å². The number of carbonyl (C=O) groups excluding carboxylic acids is 1. The highest BCUT2D eigenvalue weighted by Crippen LogP contribution is 2.34. The highest BCUT2D eigenvalue weighted by molar-refractivity contribution is 6.06. The fourth-order valence-corrected chi connectivity index (χ4v) is 4.23. The first-order valence-electron chi connectivity index (χ1n) is 11.5. The van der Waals surface area contributed by atoms with Gasteiger partial charge in [-0.1, -0.05) is 32.0 Å². The van der Waals surface area contributed by atoms with Crippen LogP contribution in [0.5, 0.6) is 5.75 Å². The quantitative estimate of drug-likeness (QED) is 0.233. The minimum absolute atomic E-state index is 0.111. The van der Waals surface area contributed by atoms with Gasteiger partial charge in [-0.25, -0.2) is 4.79 Å². The molecular formula is C27H27F3N2O3. The van der Waals surface area contributed by atoms with Crippen molar-refractivity contribution in [3.8, 4) is 5.75 Å². The van der Waals surface area contributed by atoms with Gasteiger partial charge in [0.2, 0.25) is 5.76 Å². The Morgan fingerprint density at radius 1 is 1.11 bits per heavy atom. The second-order valence-corrected chi connectivity index (χ2v) is 9.04. The minimum atomic E-state index is -4.44. The number of rotatable bonds is 5. The standard InChI is InChI=1S/C27H27F3N2O3/c1-15(2)20-12-11-16(3)13-23(20)35-26(33)25-17(4)24-21(9-6-10-22(24)34-25)32-31-19-8-5-7-18(14-19)27(28,29)30/h5,7-8,11-15,31H,6,9-10H2,1-4H3/b32-21+. The van der Waals surface area contributed by atoms with Gasteiger partial charge in [-0.05, 0) is 68.0 Å². The Kier molecular flexibility index (Phi) is 6.74. The molecule has 2 aromatic carbocycles. The zero-order valence-electron chi connectivity index (χ0n) is 20.0. The van der Waals surface area contributed by atoms with Crippen molar-refractivity contribution in [1.29, 1.82) is 0 Å². The number of esters is 1. The van der Waals surface area contributed by atoms with E-state index >= 15 is 0 Å². The fourth-order valence-electron chi connectivity index (χ4n) is 4.23. The van der Waals surface area contributed by atoms with Crippen molar-refractivity contribution in [1.82, 2.24) is 0 Å². The summed E-state index contributed by atoms with van der Waals surface area (Å²) in [4.78, 5) is 13.1. The molecule has 0 saturated carbocycles. The van der Waals surface area contributed by atoms with Crippen molar-refractivity contribution >= 4 is 17.4 Å². The molecule has 0 unspecified atom stereocenters. The fraction of sp³-hybridized carbons (Fsp3) is 0.333. The molecule has 0 amide bonds. The molecule has 3 aromatic rings. The Morgan fingerprint density at radius 3 is 2.60 bits per heavy atom. The Labute approximate surface area is 202 Å². The molecule has 1 aromatic heterocycles. The number of aryl methyl sites for hydroxylation is 2. The van der Waals surface area contributed by atoms with Crippen molar-refractivity contribution in [2.75, 3.05) is 5.43 Å². The Hall–Kier alpha value is -3.55. The normalized spacial score (nSPS) is 14.8. The molecule has 0 spiro atoms. The number of nitrogens with zero attached hydrogens (tertiary/aromatic N) is 1. The summed E-state index contributed by atoms with van der Waals surface area (Å²) in [5.74, 6) is 0.817. The number of fused-ring (bicyclic) bond motifs is 1. The molecule has 0 atom stereocenters. The summed E-state index contributed by atoms with van der Waals surface area (Å²) in [5.41, 5.74) is 6.03. The number of halogens is 3. The molecule has 0 bridgehead atoms. The van der Waals surface area contributed by atoms with Gasteiger partial charge in [0.05, 0.1) is 17.0 Å². The van der Waals surface area contributed by atoms with E-state index in [1.807, 2.05) is 39.0 Å². The predicted octanol–water partition coefficient (Wildman–Crippen LogP) is 7.41. The molecule has 35 heavy (non-hydrogen) atoms. The summed E-state index contributed by atoms with van der Waals surface area (Å²) in [6.07, 6.45) is -2.46. The van der Waals surface area contributed by atoms with Gasteiger partial charge in [0, 0.05) is 17.5 Å². The summed E-state index contributed by atoms with van der Waals surface area (Å²) >= 11 is 0. The summed E-state index contributed by atoms with van der Waals surface area (Å²) in [5, 5.41) is 4.37. The van der Waals surface area contributed by atoms with Crippen molar-refractivity contribution in [3.63, 3.8) is 0 Å². The highest BCUT2D eigenvalue weighted by atomic mass is 19.4. The maximum absolute atomic E-state index is 13.1. The van der Waals surface area contributed by atoms with Gasteiger partial charge in [-0.15, -0.1) is 0 Å². The van der Waals surface area contributed by atoms with Crippen LogP contribution >= 0.6 is 0 Å². The third-order valence-corrected chi connectivity index (χ3v) is 6.01. The van der Waals surface area contributed by atoms with Gasteiger partial charge in [0.25, 0.3) is 0 Å². The Balaban J connectivity index is 1.61. The third-order valence-electron chi connectivity index (χ3n) is 6.01. The monoisotopic (exact) mass is 484 g/mol. The molecule has 5 nitrogen and oxygen atoms in total. The van der Waals surface area contributed by atoms with Crippen molar-refractivity contribution in [2.24, 2.45) is 5.10 Å². The molecule has 0 saturated heterocycles. The summed E-state index contributed by atoms with van der Waals surface area (Å²) < 4.78 is 50.7. The van der Waals surface area contributed by atoms with Crippen LogP contribution in [0, 0.1) is 13.8 Å². The number of hydrazone groups is 1. The van der Waals surface area contributed by atoms with Crippen LogP contribution in [0.3, 0.4) is 0 Å². The Morgan fingerprint density at radius 2 is 1.89 bits per heavy atom. The maximum Gasteiger partial charge on any atom is 0.416 e. The second kappa shape index (κ2) is 9.60. The summed E-state index contributed by atoms with van der Waals surface area (Å²) in [7, 11) is 0. The predicted molar refractivity (Wildman–Crippen MR) is 128 cm³/mol. The lowest BCUT2D eigenvalue weighted by Gasteiger charge is -2.14. The number of carbonyl (C=O) groups is 1. The van der Waals surface area contributed by atoms with Crippen LogP contribution in [0.1, 0.15) is 76.7 Å². The molecule has 1 aliphatic carbocycles. The van der Waals surface area contributed by atoms with Gasteiger partial charge >= 0.3 is 12.1 Å². The lowest BCUT2D eigenvalue weighted by molar-refractivity contribution is -0.137. The number of furan rings is 1. The van der Waals surface area contributed by atoms with Crippen LogP contribution < -0.4 is 10.2 Å². The van der Waals surface area contributed by atoms with Gasteiger partial charge in [-0.2, -0.15) is 18.3 Å². The van der Waals surface area contributed by atoms with E-state index in [1.165, 1.54) is 12.1 Å². The molecule has 184 valence electrons. The van der Waals surface area contributed by atoms with Crippen LogP contribution in [0.25, 0.3) is 0 Å². The molecule has 0 radical (unpaired) electrons. The van der Waals surface area contributed by atoms with E-state index in [0.29, 0.717) is 41.2 Å². The maximum atomic E-state index is 13.1. The van der Waals surface area contributed by atoms with Crippen LogP contribution in [0.2, 0.25) is 0 Å². The smallest absolute Gasteiger partial charge is 0.416 e. The topological polar surface area (TPSA) is 63.8 Å². The average molecular weight is 485 g/mol. The SMILES string of the molecule is Cc1ccc(C(C)C)c(OC(=O)c2oc3c(c2C)/C(=N/Nc2cccc(C(F)(F)F)c2)CCC3)c1. The largest absolute Gasteiger partial charge is 0.453 e. The number of anilines is 1. The molecule has 1 aliphatic rings. The number of ether oxygens (including phenoxy) is 1. The second-order valence-electron chi connectivity index (χ2n) is 9.04. The van der Waals surface area contributed by atoms with Crippen molar-refractivity contribution in [3.05, 3.63) is 81.8 Å². The molecule has 0 aliphatic heterocycles. The van der Waals surface area contributed by atoms with E-state index in [2.05, 4.69) is 10.5 Å². The van der Waals surface area contributed by atoms with E-state index in [9.17, 15) is 18.0 Å². The highest BCUT2D eigenvalue weighted by Gasteiger charge is 2.31. The van der Waals surface area contributed by atoms with Gasteiger partial charge in [0.15, 0.2) is 0 Å². The number of hydrogen-bond donors (Lipinski definition) is 1. The van der Waals surface area contributed by atoms with Crippen LogP contribution in [-0.2, 0) is 12.6 Å². The molecule has 8 heteroatoms. The molecule has 1 N–H and O–H groups in total. The number of hydrogen-bond acceptors (Lipinski definition) is 5. The van der Waals surface area contributed by atoms with E-state index in [0.717, 1.165) is 29.7 Å². The van der Waals surface area contributed by atoms with Crippen LogP contribution in [0.4, 0.5) is 18.9 Å². The Bertz CT molecular complexity index is 1290. The average Bonchev–Trinajstić information content (AvgIpc) is 3.14. The lowest BCUT2D eigenvalue weighted by Crippen LogP contribution is -2.14. The van der Waals surface area contributed by atoms with Crippen molar-refractivity contribution < 1.29 is 27.1 Å². The van der Waals surface area contributed by atoms with E-state index in [4.69, 9.17) is 9.15 Å². The summed E-state index contributed by atoms with van der Waals surface area (Å²) in [6, 6.07) is 10.6. The number of alkyl halides is 3. The molecule has 1 heterocycles. The molecular weight excluding hydrogens is 457 g/mol. The lowest BCUT2D eigenvalue weighted by atomic mass is 9.93. The first-order valence-corrected chi connectivity index (χ1v) is 11.5. The molecule has 0 fully saturated rings. The minimum Gasteiger partial charge on any atom is -0.453 e.